The fourth-order valence-electron chi connectivity index (χ4n) is 3.48. The fraction of sp³-hybridized carbons (Fsp3) is 0.136. The summed E-state index contributed by atoms with van der Waals surface area (Å²) >= 11 is 3.58. The van der Waals surface area contributed by atoms with Gasteiger partial charge in [-0.2, -0.15) is 0 Å². The van der Waals surface area contributed by atoms with E-state index in [1.165, 1.54) is 12.1 Å². The molecular weight excluding hydrogens is 393 g/mol. The standard InChI is InChI=1S/C22H17BrFNO/c23-20-7-3-1-5-16(20)13-19-18-6-2-4-8-21(18)25(22(19)26)14-15-9-11-17(24)12-10-15/h1-12,19H,13-14H2. The van der Waals surface area contributed by atoms with Gasteiger partial charge in [-0.3, -0.25) is 4.79 Å². The summed E-state index contributed by atoms with van der Waals surface area (Å²) in [6.07, 6.45) is 0.650. The van der Waals surface area contributed by atoms with Gasteiger partial charge in [-0.25, -0.2) is 4.39 Å². The molecule has 0 spiro atoms. The van der Waals surface area contributed by atoms with E-state index in [2.05, 4.69) is 15.9 Å². The van der Waals surface area contributed by atoms with Crippen LogP contribution in [0.3, 0.4) is 0 Å². The topological polar surface area (TPSA) is 20.3 Å². The number of hydrogen-bond donors (Lipinski definition) is 0. The van der Waals surface area contributed by atoms with Gasteiger partial charge >= 0.3 is 0 Å². The molecule has 0 radical (unpaired) electrons. The average Bonchev–Trinajstić information content (AvgIpc) is 2.91. The highest BCUT2D eigenvalue weighted by molar-refractivity contribution is 9.10. The summed E-state index contributed by atoms with van der Waals surface area (Å²) in [6, 6.07) is 22.3. The number of rotatable bonds is 4. The van der Waals surface area contributed by atoms with Crippen LogP contribution in [0, 0.1) is 5.82 Å². The smallest absolute Gasteiger partial charge is 0.235 e. The molecule has 1 unspecified atom stereocenters. The molecule has 1 amide bonds. The van der Waals surface area contributed by atoms with E-state index in [0.717, 1.165) is 26.9 Å². The fourth-order valence-corrected chi connectivity index (χ4v) is 3.93. The number of carbonyl (C=O) groups excluding carboxylic acids is 1. The average molecular weight is 410 g/mol. The van der Waals surface area contributed by atoms with Crippen molar-refractivity contribution in [1.29, 1.82) is 0 Å². The van der Waals surface area contributed by atoms with Crippen molar-refractivity contribution < 1.29 is 9.18 Å². The first-order valence-corrected chi connectivity index (χ1v) is 9.31. The van der Waals surface area contributed by atoms with Crippen molar-refractivity contribution in [3.05, 3.63) is 99.8 Å². The number of carbonyl (C=O) groups is 1. The van der Waals surface area contributed by atoms with E-state index in [-0.39, 0.29) is 17.6 Å². The van der Waals surface area contributed by atoms with Gasteiger partial charge in [0, 0.05) is 10.2 Å². The van der Waals surface area contributed by atoms with E-state index in [1.807, 2.05) is 53.4 Å². The quantitative estimate of drug-likeness (QED) is 0.559. The monoisotopic (exact) mass is 409 g/mol. The molecule has 1 heterocycles. The van der Waals surface area contributed by atoms with Crippen LogP contribution >= 0.6 is 15.9 Å². The van der Waals surface area contributed by atoms with Crippen LogP contribution in [0.5, 0.6) is 0 Å². The van der Waals surface area contributed by atoms with E-state index in [9.17, 15) is 9.18 Å². The number of benzene rings is 3. The van der Waals surface area contributed by atoms with Crippen molar-refractivity contribution in [2.24, 2.45) is 0 Å². The summed E-state index contributed by atoms with van der Waals surface area (Å²) in [5.74, 6) is -0.384. The molecule has 4 heteroatoms. The number of fused-ring (bicyclic) bond motifs is 1. The number of nitrogens with zero attached hydrogens (tertiary/aromatic N) is 1. The van der Waals surface area contributed by atoms with Crippen LogP contribution in [-0.4, -0.2) is 5.91 Å². The van der Waals surface area contributed by atoms with Crippen LogP contribution in [0.25, 0.3) is 0 Å². The van der Waals surface area contributed by atoms with E-state index in [0.29, 0.717) is 13.0 Å². The van der Waals surface area contributed by atoms with Crippen LogP contribution in [0.15, 0.2) is 77.3 Å². The second-order valence-corrected chi connectivity index (χ2v) is 7.31. The number of para-hydroxylation sites is 1. The Morgan fingerprint density at radius 2 is 1.62 bits per heavy atom. The van der Waals surface area contributed by atoms with Crippen LogP contribution in [-0.2, 0) is 17.8 Å². The lowest BCUT2D eigenvalue weighted by Crippen LogP contribution is -2.29. The largest absolute Gasteiger partial charge is 0.307 e. The Kier molecular flexibility index (Phi) is 4.60. The predicted octanol–water partition coefficient (Wildman–Crippen LogP) is 5.46. The Labute approximate surface area is 160 Å². The van der Waals surface area contributed by atoms with Crippen molar-refractivity contribution in [3.8, 4) is 0 Å². The third kappa shape index (κ3) is 3.17. The summed E-state index contributed by atoms with van der Waals surface area (Å²) in [5, 5.41) is 0. The highest BCUT2D eigenvalue weighted by Crippen LogP contribution is 2.40. The maximum Gasteiger partial charge on any atom is 0.235 e. The van der Waals surface area contributed by atoms with Crippen LogP contribution < -0.4 is 4.90 Å². The van der Waals surface area contributed by atoms with Gasteiger partial charge in [-0.05, 0) is 47.4 Å². The molecule has 1 aliphatic heterocycles. The molecule has 0 bridgehead atoms. The first-order chi connectivity index (χ1) is 12.6. The van der Waals surface area contributed by atoms with Crippen LogP contribution in [0.1, 0.15) is 22.6 Å². The molecule has 2 nitrogen and oxygen atoms in total. The SMILES string of the molecule is O=C1C(Cc2ccccc2Br)c2ccccc2N1Cc1ccc(F)cc1. The van der Waals surface area contributed by atoms with Gasteiger partial charge in [-0.15, -0.1) is 0 Å². The zero-order valence-electron chi connectivity index (χ0n) is 14.0. The molecule has 0 saturated carbocycles. The first kappa shape index (κ1) is 17.0. The highest BCUT2D eigenvalue weighted by atomic mass is 79.9. The minimum absolute atomic E-state index is 0.0891. The third-order valence-electron chi connectivity index (χ3n) is 4.80. The van der Waals surface area contributed by atoms with Gasteiger partial charge in [-0.1, -0.05) is 64.5 Å². The van der Waals surface area contributed by atoms with Crippen molar-refractivity contribution in [3.63, 3.8) is 0 Å². The molecule has 3 aromatic rings. The molecule has 130 valence electrons. The molecule has 3 aromatic carbocycles. The van der Waals surface area contributed by atoms with Crippen LogP contribution in [0.4, 0.5) is 10.1 Å². The summed E-state index contributed by atoms with van der Waals surface area (Å²) in [5.41, 5.74) is 4.02. The molecule has 0 N–H and O–H groups in total. The highest BCUT2D eigenvalue weighted by Gasteiger charge is 2.37. The molecule has 1 aliphatic rings. The second-order valence-electron chi connectivity index (χ2n) is 6.46. The van der Waals surface area contributed by atoms with Gasteiger partial charge in [0.25, 0.3) is 0 Å². The number of hydrogen-bond acceptors (Lipinski definition) is 1. The summed E-state index contributed by atoms with van der Waals surface area (Å²) < 4.78 is 14.2. The van der Waals surface area contributed by atoms with E-state index < -0.39 is 0 Å². The van der Waals surface area contributed by atoms with Crippen molar-refractivity contribution >= 4 is 27.5 Å². The zero-order valence-corrected chi connectivity index (χ0v) is 15.6. The molecule has 0 aliphatic carbocycles. The lowest BCUT2D eigenvalue weighted by molar-refractivity contribution is -0.119. The predicted molar refractivity (Wildman–Crippen MR) is 105 cm³/mol. The summed E-state index contributed by atoms with van der Waals surface area (Å²) in [6.45, 7) is 0.447. The Balaban J connectivity index is 1.66. The van der Waals surface area contributed by atoms with Crippen molar-refractivity contribution in [2.45, 2.75) is 18.9 Å². The number of halogens is 2. The Morgan fingerprint density at radius 1 is 0.923 bits per heavy atom. The maximum atomic E-state index is 13.2. The van der Waals surface area contributed by atoms with E-state index in [1.54, 1.807) is 12.1 Å². The van der Waals surface area contributed by atoms with Crippen molar-refractivity contribution in [2.75, 3.05) is 4.90 Å². The van der Waals surface area contributed by atoms with E-state index >= 15 is 0 Å². The summed E-state index contributed by atoms with van der Waals surface area (Å²) in [4.78, 5) is 15.0. The van der Waals surface area contributed by atoms with Gasteiger partial charge in [0.15, 0.2) is 0 Å². The Hall–Kier alpha value is -2.46. The molecule has 26 heavy (non-hydrogen) atoms. The van der Waals surface area contributed by atoms with Crippen molar-refractivity contribution in [1.82, 2.24) is 0 Å². The van der Waals surface area contributed by atoms with Crippen LogP contribution in [0.2, 0.25) is 0 Å². The number of amides is 1. The molecule has 0 fully saturated rings. The second kappa shape index (κ2) is 7.04. The Bertz CT molecular complexity index is 954. The minimum Gasteiger partial charge on any atom is -0.307 e. The lowest BCUT2D eigenvalue weighted by atomic mass is 9.93. The normalized spacial score (nSPS) is 16.0. The maximum absolute atomic E-state index is 13.2. The summed E-state index contributed by atoms with van der Waals surface area (Å²) in [7, 11) is 0. The molecule has 4 rings (SSSR count). The van der Waals surface area contributed by atoms with Gasteiger partial charge < -0.3 is 4.90 Å². The Morgan fingerprint density at radius 3 is 2.38 bits per heavy atom. The first-order valence-electron chi connectivity index (χ1n) is 8.51. The molecule has 0 aromatic heterocycles. The zero-order chi connectivity index (χ0) is 18.1. The minimum atomic E-state index is -0.270. The molecule has 0 saturated heterocycles. The molecule has 1 atom stereocenters. The van der Waals surface area contributed by atoms with Gasteiger partial charge in [0.05, 0.1) is 12.5 Å². The number of anilines is 1. The van der Waals surface area contributed by atoms with Gasteiger partial charge in [0.2, 0.25) is 5.91 Å². The third-order valence-corrected chi connectivity index (χ3v) is 5.58. The lowest BCUT2D eigenvalue weighted by Gasteiger charge is -2.18. The van der Waals surface area contributed by atoms with Gasteiger partial charge in [0.1, 0.15) is 5.82 Å². The van der Waals surface area contributed by atoms with E-state index in [4.69, 9.17) is 0 Å². The molecular formula is C22H17BrFNO.